The van der Waals surface area contributed by atoms with E-state index < -0.39 is 11.8 Å². The maximum Gasteiger partial charge on any atom is 0.322 e. The number of furan rings is 1. The van der Waals surface area contributed by atoms with Gasteiger partial charge in [0.05, 0.1) is 24.8 Å². The van der Waals surface area contributed by atoms with Gasteiger partial charge < -0.3 is 24.3 Å². The molecule has 0 bridgehead atoms. The van der Waals surface area contributed by atoms with Gasteiger partial charge >= 0.3 is 6.03 Å². The van der Waals surface area contributed by atoms with Crippen molar-refractivity contribution < 1.29 is 23.1 Å². The minimum Gasteiger partial charge on any atom is -0.464 e. The Kier molecular flexibility index (Phi) is 10.4. The highest BCUT2D eigenvalue weighted by Crippen LogP contribution is 2.20. The minimum absolute atomic E-state index is 0.0921. The molecule has 0 aliphatic carbocycles. The monoisotopic (exact) mass is 556 g/mol. The van der Waals surface area contributed by atoms with Gasteiger partial charge in [-0.05, 0) is 49.2 Å². The van der Waals surface area contributed by atoms with Crippen molar-refractivity contribution in [1.82, 2.24) is 14.7 Å². The Morgan fingerprint density at radius 2 is 1.79 bits per heavy atom. The Balaban J connectivity index is 1.48. The number of aryl methyl sites for hydroxylation is 1. The molecule has 1 saturated heterocycles. The Labute approximate surface area is 233 Å². The largest absolute Gasteiger partial charge is 0.464 e. The van der Waals surface area contributed by atoms with Gasteiger partial charge in [-0.2, -0.15) is 0 Å². The average Bonchev–Trinajstić information content (AvgIpc) is 3.35. The number of amides is 3. The van der Waals surface area contributed by atoms with Gasteiger partial charge in [0.25, 0.3) is 0 Å². The third-order valence-electron chi connectivity index (χ3n) is 6.50. The number of carbonyl (C=O) groups excluding carboxylic acids is 2. The van der Waals surface area contributed by atoms with Gasteiger partial charge in [0, 0.05) is 38.4 Å². The van der Waals surface area contributed by atoms with Crippen molar-refractivity contribution in [3.8, 4) is 0 Å². The summed E-state index contributed by atoms with van der Waals surface area (Å²) in [5.74, 6) is 0.642. The number of carbonyl (C=O) groups is 2. The summed E-state index contributed by atoms with van der Waals surface area (Å²) in [4.78, 5) is 32.4. The Bertz CT molecular complexity index is 1230. The van der Waals surface area contributed by atoms with Gasteiger partial charge in [0.2, 0.25) is 5.91 Å². The predicted molar refractivity (Wildman–Crippen MR) is 148 cm³/mol. The molecule has 1 N–H and O–H groups in total. The molecule has 0 spiro atoms. The van der Waals surface area contributed by atoms with E-state index in [0.717, 1.165) is 31.0 Å². The Morgan fingerprint density at radius 1 is 1.03 bits per heavy atom. The van der Waals surface area contributed by atoms with E-state index in [-0.39, 0.29) is 24.0 Å². The summed E-state index contributed by atoms with van der Waals surface area (Å²) >= 11 is 5.90. The second kappa shape index (κ2) is 14.1. The van der Waals surface area contributed by atoms with E-state index in [4.69, 9.17) is 20.8 Å². The molecular weight excluding hydrogens is 523 g/mol. The fourth-order valence-electron chi connectivity index (χ4n) is 4.40. The fraction of sp³-hybridized carbons (Fsp3) is 0.379. The van der Waals surface area contributed by atoms with E-state index in [0.29, 0.717) is 44.2 Å². The summed E-state index contributed by atoms with van der Waals surface area (Å²) in [6.45, 7) is 6.58. The topological polar surface area (TPSA) is 78.3 Å². The molecule has 2 heterocycles. The molecule has 0 atom stereocenters. The number of anilines is 1. The van der Waals surface area contributed by atoms with Crippen LogP contribution < -0.4 is 5.32 Å². The third-order valence-corrected chi connectivity index (χ3v) is 6.79. The van der Waals surface area contributed by atoms with Crippen molar-refractivity contribution in [3.05, 3.63) is 88.6 Å². The SMILES string of the molecule is Cc1ccc(CN(Cc2ccccc2)C(=O)CN(CCCN2CCOCC2)C(=O)Nc2ccc(F)c(Cl)c2)o1. The molecular formula is C29H34ClFN4O4. The van der Waals surface area contributed by atoms with Gasteiger partial charge in [-0.25, -0.2) is 9.18 Å². The van der Waals surface area contributed by atoms with Crippen molar-refractivity contribution in [2.75, 3.05) is 51.3 Å². The zero-order chi connectivity index (χ0) is 27.6. The molecule has 3 aromatic rings. The zero-order valence-electron chi connectivity index (χ0n) is 22.1. The van der Waals surface area contributed by atoms with Crippen LogP contribution in [0.1, 0.15) is 23.5 Å². The Hall–Kier alpha value is -3.40. The van der Waals surface area contributed by atoms with Crippen molar-refractivity contribution in [2.24, 2.45) is 0 Å². The van der Waals surface area contributed by atoms with E-state index >= 15 is 0 Å². The van der Waals surface area contributed by atoms with E-state index in [1.165, 1.54) is 23.1 Å². The van der Waals surface area contributed by atoms with Crippen LogP contribution in [0.15, 0.2) is 65.1 Å². The predicted octanol–water partition coefficient (Wildman–Crippen LogP) is 5.17. The molecule has 39 heavy (non-hydrogen) atoms. The van der Waals surface area contributed by atoms with Crippen LogP contribution in [0.5, 0.6) is 0 Å². The van der Waals surface area contributed by atoms with Crippen LogP contribution in [-0.4, -0.2) is 72.6 Å². The highest BCUT2D eigenvalue weighted by atomic mass is 35.5. The number of urea groups is 1. The number of morpholine rings is 1. The number of ether oxygens (including phenoxy) is 1. The number of halogens is 2. The second-order valence-electron chi connectivity index (χ2n) is 9.54. The van der Waals surface area contributed by atoms with Gasteiger partial charge in [-0.1, -0.05) is 41.9 Å². The quantitative estimate of drug-likeness (QED) is 0.353. The number of nitrogens with one attached hydrogen (secondary N) is 1. The van der Waals surface area contributed by atoms with Gasteiger partial charge in [-0.3, -0.25) is 9.69 Å². The lowest BCUT2D eigenvalue weighted by Crippen LogP contribution is -2.45. The number of rotatable bonds is 11. The summed E-state index contributed by atoms with van der Waals surface area (Å²) in [7, 11) is 0. The highest BCUT2D eigenvalue weighted by Gasteiger charge is 2.23. The molecule has 10 heteroatoms. The van der Waals surface area contributed by atoms with E-state index in [1.54, 1.807) is 4.90 Å². The molecule has 0 radical (unpaired) electrons. The molecule has 1 aliphatic rings. The first-order chi connectivity index (χ1) is 18.9. The number of nitrogens with zero attached hydrogens (tertiary/aromatic N) is 3. The van der Waals surface area contributed by atoms with Crippen molar-refractivity contribution >= 4 is 29.2 Å². The highest BCUT2D eigenvalue weighted by molar-refractivity contribution is 6.31. The fourth-order valence-corrected chi connectivity index (χ4v) is 4.58. The van der Waals surface area contributed by atoms with Crippen LogP contribution in [0.2, 0.25) is 5.02 Å². The summed E-state index contributed by atoms with van der Waals surface area (Å²) in [5.41, 5.74) is 1.32. The lowest BCUT2D eigenvalue weighted by molar-refractivity contribution is -0.133. The smallest absolute Gasteiger partial charge is 0.322 e. The molecule has 0 saturated carbocycles. The summed E-state index contributed by atoms with van der Waals surface area (Å²) < 4.78 is 24.8. The zero-order valence-corrected chi connectivity index (χ0v) is 22.8. The minimum atomic E-state index is -0.572. The van der Waals surface area contributed by atoms with Gasteiger partial charge in [0.15, 0.2) is 0 Å². The lowest BCUT2D eigenvalue weighted by Gasteiger charge is -2.30. The van der Waals surface area contributed by atoms with Crippen LogP contribution in [0.4, 0.5) is 14.9 Å². The van der Waals surface area contributed by atoms with Crippen molar-refractivity contribution in [2.45, 2.75) is 26.4 Å². The van der Waals surface area contributed by atoms with E-state index in [9.17, 15) is 14.0 Å². The van der Waals surface area contributed by atoms with Crippen LogP contribution in [0.3, 0.4) is 0 Å². The molecule has 1 fully saturated rings. The first-order valence-electron chi connectivity index (χ1n) is 13.1. The third kappa shape index (κ3) is 8.81. The van der Waals surface area contributed by atoms with Crippen molar-refractivity contribution in [3.63, 3.8) is 0 Å². The number of benzene rings is 2. The molecule has 0 unspecified atom stereocenters. The first kappa shape index (κ1) is 28.6. The second-order valence-corrected chi connectivity index (χ2v) is 9.94. The molecule has 3 amide bonds. The molecule has 208 valence electrons. The summed E-state index contributed by atoms with van der Waals surface area (Å²) in [6.07, 6.45) is 0.681. The molecule has 1 aliphatic heterocycles. The summed E-state index contributed by atoms with van der Waals surface area (Å²) in [5, 5.41) is 2.67. The number of hydrogen-bond acceptors (Lipinski definition) is 5. The molecule has 4 rings (SSSR count). The van der Waals surface area contributed by atoms with Crippen LogP contribution in [0, 0.1) is 12.7 Å². The molecule has 8 nitrogen and oxygen atoms in total. The summed E-state index contributed by atoms with van der Waals surface area (Å²) in [6, 6.07) is 16.9. The van der Waals surface area contributed by atoms with Crippen LogP contribution >= 0.6 is 11.6 Å². The standard InChI is InChI=1S/C29H34ClFN4O4/c1-22-8-10-25(39-22)20-35(19-23-6-3-2-4-7-23)28(36)21-34(13-5-12-33-14-16-38-17-15-33)29(37)32-24-9-11-27(31)26(30)18-24/h2-4,6-11,18H,5,12-17,19-21H2,1H3,(H,32,37). The Morgan fingerprint density at radius 3 is 2.49 bits per heavy atom. The van der Waals surface area contributed by atoms with E-state index in [1.807, 2.05) is 49.4 Å². The lowest BCUT2D eigenvalue weighted by atomic mass is 10.2. The maximum atomic E-state index is 13.7. The normalized spacial score (nSPS) is 13.7. The van der Waals surface area contributed by atoms with Crippen LogP contribution in [-0.2, 0) is 22.6 Å². The van der Waals surface area contributed by atoms with E-state index in [2.05, 4.69) is 10.2 Å². The number of hydrogen-bond donors (Lipinski definition) is 1. The van der Waals surface area contributed by atoms with Gasteiger partial charge in [-0.15, -0.1) is 0 Å². The average molecular weight is 557 g/mol. The molecule has 1 aromatic heterocycles. The van der Waals surface area contributed by atoms with Crippen LogP contribution in [0.25, 0.3) is 0 Å². The maximum absolute atomic E-state index is 13.7. The molecule has 2 aromatic carbocycles. The van der Waals surface area contributed by atoms with Gasteiger partial charge in [0.1, 0.15) is 23.9 Å². The first-order valence-corrected chi connectivity index (χ1v) is 13.4. The van der Waals surface area contributed by atoms with Crippen molar-refractivity contribution in [1.29, 1.82) is 0 Å².